The number of nitrogens with one attached hydrogen (secondary N) is 1. The Kier molecular flexibility index (Phi) is 4.73. The Morgan fingerprint density at radius 2 is 1.71 bits per heavy atom. The summed E-state index contributed by atoms with van der Waals surface area (Å²) in [7, 11) is 0. The molecular weight excluding hydrogens is 360 g/mol. The van der Waals surface area contributed by atoms with Gasteiger partial charge in [0.1, 0.15) is 13.2 Å². The third kappa shape index (κ3) is 3.43. The number of hydrogen-bond acceptors (Lipinski definition) is 5. The van der Waals surface area contributed by atoms with E-state index in [2.05, 4.69) is 5.32 Å². The van der Waals surface area contributed by atoms with Crippen molar-refractivity contribution in [2.24, 2.45) is 0 Å². The van der Waals surface area contributed by atoms with Crippen molar-refractivity contribution in [2.45, 2.75) is 25.8 Å². The Morgan fingerprint density at radius 3 is 2.46 bits per heavy atom. The predicted octanol–water partition coefficient (Wildman–Crippen LogP) is 2.60. The van der Waals surface area contributed by atoms with Gasteiger partial charge in [0.15, 0.2) is 11.5 Å². The minimum atomic E-state index is -0.289. The van der Waals surface area contributed by atoms with Crippen LogP contribution in [0.2, 0.25) is 0 Å². The molecule has 0 bridgehead atoms. The molecule has 4 rings (SSSR count). The first-order chi connectivity index (χ1) is 13.5. The molecule has 2 aromatic rings. The number of ether oxygens (including phenoxy) is 2. The molecule has 2 aliphatic heterocycles. The van der Waals surface area contributed by atoms with Gasteiger partial charge in [-0.15, -0.1) is 0 Å². The van der Waals surface area contributed by atoms with E-state index in [0.29, 0.717) is 36.0 Å². The Balaban J connectivity index is 1.50. The lowest BCUT2D eigenvalue weighted by Gasteiger charge is -2.21. The van der Waals surface area contributed by atoms with E-state index in [0.717, 1.165) is 10.5 Å². The van der Waals surface area contributed by atoms with Crippen molar-refractivity contribution in [1.82, 2.24) is 5.32 Å². The molecule has 1 fully saturated rings. The van der Waals surface area contributed by atoms with Crippen LogP contribution in [0.15, 0.2) is 42.5 Å². The van der Waals surface area contributed by atoms with Gasteiger partial charge in [-0.05, 0) is 42.8 Å². The number of benzene rings is 2. The van der Waals surface area contributed by atoms with Gasteiger partial charge < -0.3 is 14.8 Å². The highest BCUT2D eigenvalue weighted by molar-refractivity contribution is 6.20. The standard InChI is InChI=1S/C21H20N2O5/c1-13(14-5-6-17-18(12-14)28-10-9-27-17)22-21(26)15-3-2-4-16(11-15)23-19(24)7-8-20(23)25/h2-6,11-13H,7-10H2,1H3,(H,22,26). The first kappa shape index (κ1) is 18.0. The van der Waals surface area contributed by atoms with Gasteiger partial charge in [-0.1, -0.05) is 12.1 Å². The smallest absolute Gasteiger partial charge is 0.251 e. The number of hydrogen-bond donors (Lipinski definition) is 1. The van der Waals surface area contributed by atoms with Crippen molar-refractivity contribution in [3.05, 3.63) is 53.6 Å². The molecule has 28 heavy (non-hydrogen) atoms. The fourth-order valence-electron chi connectivity index (χ4n) is 3.34. The van der Waals surface area contributed by atoms with Crippen molar-refractivity contribution < 1.29 is 23.9 Å². The summed E-state index contributed by atoms with van der Waals surface area (Å²) in [6, 6.07) is 11.8. The van der Waals surface area contributed by atoms with E-state index in [1.54, 1.807) is 24.3 Å². The highest BCUT2D eigenvalue weighted by Gasteiger charge is 2.30. The first-order valence-corrected chi connectivity index (χ1v) is 9.19. The maximum atomic E-state index is 12.7. The molecule has 1 unspecified atom stereocenters. The molecule has 2 aliphatic rings. The molecular formula is C21H20N2O5. The van der Waals surface area contributed by atoms with E-state index in [4.69, 9.17) is 9.47 Å². The van der Waals surface area contributed by atoms with Crippen LogP contribution in [0, 0.1) is 0 Å². The zero-order chi connectivity index (χ0) is 19.7. The van der Waals surface area contributed by atoms with Gasteiger partial charge in [0.25, 0.3) is 5.91 Å². The van der Waals surface area contributed by atoms with Crippen molar-refractivity contribution in [3.63, 3.8) is 0 Å². The number of anilines is 1. The van der Waals surface area contributed by atoms with Gasteiger partial charge in [0, 0.05) is 18.4 Å². The second-order valence-electron chi connectivity index (χ2n) is 6.77. The van der Waals surface area contributed by atoms with E-state index in [1.165, 1.54) is 0 Å². The quantitative estimate of drug-likeness (QED) is 0.824. The molecule has 0 radical (unpaired) electrons. The van der Waals surface area contributed by atoms with Crippen LogP contribution >= 0.6 is 0 Å². The van der Waals surface area contributed by atoms with Gasteiger partial charge in [0.2, 0.25) is 11.8 Å². The van der Waals surface area contributed by atoms with Gasteiger partial charge in [0.05, 0.1) is 11.7 Å². The molecule has 1 N–H and O–H groups in total. The SMILES string of the molecule is CC(NC(=O)c1cccc(N2C(=O)CCC2=O)c1)c1ccc2c(c1)OCCO2. The Labute approximate surface area is 162 Å². The maximum Gasteiger partial charge on any atom is 0.251 e. The van der Waals surface area contributed by atoms with Crippen molar-refractivity contribution >= 4 is 23.4 Å². The molecule has 0 spiro atoms. The minimum absolute atomic E-state index is 0.205. The normalized spacial score (nSPS) is 16.8. The van der Waals surface area contributed by atoms with Crippen LogP contribution in [0.3, 0.4) is 0 Å². The topological polar surface area (TPSA) is 84.9 Å². The molecule has 0 aliphatic carbocycles. The van der Waals surface area contributed by atoms with Crippen LogP contribution in [-0.4, -0.2) is 30.9 Å². The molecule has 144 valence electrons. The lowest BCUT2D eigenvalue weighted by atomic mass is 10.1. The molecule has 1 saturated heterocycles. The molecule has 3 amide bonds. The lowest BCUT2D eigenvalue weighted by Crippen LogP contribution is -2.30. The Hall–Kier alpha value is -3.35. The largest absolute Gasteiger partial charge is 0.486 e. The van der Waals surface area contributed by atoms with Crippen molar-refractivity contribution in [3.8, 4) is 11.5 Å². The summed E-state index contributed by atoms with van der Waals surface area (Å²) in [5.74, 6) is 0.585. The first-order valence-electron chi connectivity index (χ1n) is 9.19. The summed E-state index contributed by atoms with van der Waals surface area (Å²) in [5.41, 5.74) is 1.69. The van der Waals surface area contributed by atoms with Gasteiger partial charge in [-0.3, -0.25) is 19.3 Å². The maximum absolute atomic E-state index is 12.7. The number of amides is 3. The fraction of sp³-hybridized carbons (Fsp3) is 0.286. The molecule has 7 nitrogen and oxygen atoms in total. The van der Waals surface area contributed by atoms with Crippen LogP contribution in [-0.2, 0) is 9.59 Å². The Bertz CT molecular complexity index is 940. The zero-order valence-corrected chi connectivity index (χ0v) is 15.4. The summed E-state index contributed by atoms with van der Waals surface area (Å²) in [6.45, 7) is 2.90. The number of imide groups is 1. The van der Waals surface area contributed by atoms with Crippen LogP contribution in [0.25, 0.3) is 0 Å². The molecule has 2 aromatic carbocycles. The van der Waals surface area contributed by atoms with Gasteiger partial charge in [-0.2, -0.15) is 0 Å². The highest BCUT2D eigenvalue weighted by atomic mass is 16.6. The Morgan fingerprint density at radius 1 is 1.00 bits per heavy atom. The van der Waals surface area contributed by atoms with Crippen LogP contribution in [0.4, 0.5) is 5.69 Å². The lowest BCUT2D eigenvalue weighted by molar-refractivity contribution is -0.121. The third-order valence-electron chi connectivity index (χ3n) is 4.83. The summed E-state index contributed by atoms with van der Waals surface area (Å²) < 4.78 is 11.1. The van der Waals surface area contributed by atoms with Crippen LogP contribution in [0.5, 0.6) is 11.5 Å². The summed E-state index contributed by atoms with van der Waals surface area (Å²) in [6.07, 6.45) is 0.410. The highest BCUT2D eigenvalue weighted by Crippen LogP contribution is 2.32. The third-order valence-corrected chi connectivity index (χ3v) is 4.83. The molecule has 0 aromatic heterocycles. The number of rotatable bonds is 4. The summed E-state index contributed by atoms with van der Waals surface area (Å²) >= 11 is 0. The molecule has 2 heterocycles. The van der Waals surface area contributed by atoms with E-state index < -0.39 is 0 Å². The van der Waals surface area contributed by atoms with E-state index in [1.807, 2.05) is 25.1 Å². The molecule has 7 heteroatoms. The molecule has 0 saturated carbocycles. The average molecular weight is 380 g/mol. The van der Waals surface area contributed by atoms with Gasteiger partial charge >= 0.3 is 0 Å². The van der Waals surface area contributed by atoms with Crippen LogP contribution in [0.1, 0.15) is 41.7 Å². The monoisotopic (exact) mass is 380 g/mol. The van der Waals surface area contributed by atoms with Crippen LogP contribution < -0.4 is 19.7 Å². The van der Waals surface area contributed by atoms with E-state index in [-0.39, 0.29) is 36.6 Å². The zero-order valence-electron chi connectivity index (χ0n) is 15.4. The fourth-order valence-corrected chi connectivity index (χ4v) is 3.34. The second-order valence-corrected chi connectivity index (χ2v) is 6.77. The van der Waals surface area contributed by atoms with Crippen molar-refractivity contribution in [2.75, 3.05) is 18.1 Å². The second kappa shape index (κ2) is 7.34. The van der Waals surface area contributed by atoms with Crippen molar-refractivity contribution in [1.29, 1.82) is 0 Å². The summed E-state index contributed by atoms with van der Waals surface area (Å²) in [4.78, 5) is 37.7. The predicted molar refractivity (Wildman–Crippen MR) is 101 cm³/mol. The van der Waals surface area contributed by atoms with E-state index >= 15 is 0 Å². The minimum Gasteiger partial charge on any atom is -0.486 e. The average Bonchev–Trinajstić information content (AvgIpc) is 3.05. The summed E-state index contributed by atoms with van der Waals surface area (Å²) in [5, 5.41) is 2.94. The number of carbonyl (C=O) groups is 3. The number of carbonyl (C=O) groups excluding carboxylic acids is 3. The number of nitrogens with zero attached hydrogens (tertiary/aromatic N) is 1. The molecule has 1 atom stereocenters. The van der Waals surface area contributed by atoms with E-state index in [9.17, 15) is 14.4 Å². The number of fused-ring (bicyclic) bond motifs is 1. The van der Waals surface area contributed by atoms with Gasteiger partial charge in [-0.25, -0.2) is 0 Å².